The Bertz CT molecular complexity index is 505. The van der Waals surface area contributed by atoms with Gasteiger partial charge in [-0.1, -0.05) is 19.1 Å². The van der Waals surface area contributed by atoms with E-state index in [2.05, 4.69) is 10.4 Å². The van der Waals surface area contributed by atoms with Crippen LogP contribution in [-0.2, 0) is 6.54 Å². The zero-order valence-electron chi connectivity index (χ0n) is 10.1. The van der Waals surface area contributed by atoms with Crippen molar-refractivity contribution < 1.29 is 4.39 Å². The Balaban J connectivity index is 2.43. The third kappa shape index (κ3) is 2.53. The fourth-order valence-corrected chi connectivity index (χ4v) is 1.76. The molecule has 2 aromatic rings. The van der Waals surface area contributed by atoms with Crippen LogP contribution in [0.25, 0.3) is 5.69 Å². The van der Waals surface area contributed by atoms with Crippen molar-refractivity contribution in [2.75, 3.05) is 6.54 Å². The molecule has 17 heavy (non-hydrogen) atoms. The van der Waals surface area contributed by atoms with Crippen LogP contribution in [0.3, 0.4) is 0 Å². The zero-order valence-corrected chi connectivity index (χ0v) is 10.1. The summed E-state index contributed by atoms with van der Waals surface area (Å²) in [5, 5.41) is 7.46. The zero-order chi connectivity index (χ0) is 12.3. The summed E-state index contributed by atoms with van der Waals surface area (Å²) in [5.74, 6) is -0.247. The molecule has 1 N–H and O–H groups in total. The maximum Gasteiger partial charge on any atom is 0.149 e. The summed E-state index contributed by atoms with van der Waals surface area (Å²) >= 11 is 0. The van der Waals surface area contributed by atoms with Gasteiger partial charge in [-0.3, -0.25) is 0 Å². The molecule has 0 aliphatic rings. The van der Waals surface area contributed by atoms with E-state index >= 15 is 0 Å². The van der Waals surface area contributed by atoms with E-state index in [9.17, 15) is 4.39 Å². The van der Waals surface area contributed by atoms with Crippen LogP contribution in [0.15, 0.2) is 30.5 Å². The average molecular weight is 233 g/mol. The monoisotopic (exact) mass is 233 g/mol. The van der Waals surface area contributed by atoms with Gasteiger partial charge in [-0.25, -0.2) is 9.07 Å². The first-order valence-corrected chi connectivity index (χ1v) is 5.73. The van der Waals surface area contributed by atoms with E-state index in [1.807, 2.05) is 26.0 Å². The Hall–Kier alpha value is -1.68. The molecule has 0 atom stereocenters. The van der Waals surface area contributed by atoms with Crippen molar-refractivity contribution in [1.82, 2.24) is 15.1 Å². The highest BCUT2D eigenvalue weighted by molar-refractivity contribution is 5.41. The Morgan fingerprint density at radius 3 is 2.82 bits per heavy atom. The third-order valence-electron chi connectivity index (χ3n) is 2.59. The van der Waals surface area contributed by atoms with E-state index in [1.165, 1.54) is 6.07 Å². The number of hydrogen-bond donors (Lipinski definition) is 1. The SMILES string of the molecule is CCNCc1cccc(F)c1-n1ccc(C)n1. The summed E-state index contributed by atoms with van der Waals surface area (Å²) in [5.41, 5.74) is 2.32. The maximum absolute atomic E-state index is 13.9. The normalized spacial score (nSPS) is 10.8. The van der Waals surface area contributed by atoms with Crippen LogP contribution < -0.4 is 5.32 Å². The Labute approximate surface area is 100 Å². The predicted octanol–water partition coefficient (Wildman–Crippen LogP) is 2.43. The van der Waals surface area contributed by atoms with Crippen LogP contribution in [0.2, 0.25) is 0 Å². The van der Waals surface area contributed by atoms with Crippen LogP contribution in [0.1, 0.15) is 18.2 Å². The molecule has 0 unspecified atom stereocenters. The molecule has 0 spiro atoms. The highest BCUT2D eigenvalue weighted by atomic mass is 19.1. The number of aromatic nitrogens is 2. The minimum atomic E-state index is -0.247. The van der Waals surface area contributed by atoms with Crippen molar-refractivity contribution >= 4 is 0 Å². The molecular formula is C13H16FN3. The van der Waals surface area contributed by atoms with E-state index in [-0.39, 0.29) is 5.82 Å². The van der Waals surface area contributed by atoms with E-state index in [1.54, 1.807) is 16.9 Å². The van der Waals surface area contributed by atoms with Gasteiger partial charge in [0, 0.05) is 12.7 Å². The molecule has 1 heterocycles. The van der Waals surface area contributed by atoms with Gasteiger partial charge in [0.15, 0.2) is 0 Å². The van der Waals surface area contributed by atoms with Crippen molar-refractivity contribution in [1.29, 1.82) is 0 Å². The van der Waals surface area contributed by atoms with E-state index in [4.69, 9.17) is 0 Å². The third-order valence-corrected chi connectivity index (χ3v) is 2.59. The van der Waals surface area contributed by atoms with Crippen LogP contribution in [-0.4, -0.2) is 16.3 Å². The van der Waals surface area contributed by atoms with Crippen molar-refractivity contribution in [3.8, 4) is 5.69 Å². The Morgan fingerprint density at radius 2 is 2.18 bits per heavy atom. The van der Waals surface area contributed by atoms with Gasteiger partial charge in [-0.15, -0.1) is 0 Å². The van der Waals surface area contributed by atoms with Gasteiger partial charge in [-0.2, -0.15) is 5.10 Å². The lowest BCUT2D eigenvalue weighted by Gasteiger charge is -2.10. The summed E-state index contributed by atoms with van der Waals surface area (Å²) < 4.78 is 15.5. The Kier molecular flexibility index (Phi) is 3.54. The molecular weight excluding hydrogens is 217 g/mol. The van der Waals surface area contributed by atoms with E-state index < -0.39 is 0 Å². The molecule has 0 fully saturated rings. The number of halogens is 1. The minimum Gasteiger partial charge on any atom is -0.313 e. The number of benzene rings is 1. The molecule has 1 aromatic carbocycles. The lowest BCUT2D eigenvalue weighted by Crippen LogP contribution is -2.15. The molecule has 0 saturated heterocycles. The van der Waals surface area contributed by atoms with Crippen LogP contribution in [0.4, 0.5) is 4.39 Å². The van der Waals surface area contributed by atoms with Gasteiger partial charge >= 0.3 is 0 Å². The van der Waals surface area contributed by atoms with Crippen molar-refractivity contribution in [3.05, 3.63) is 47.5 Å². The second-order valence-corrected chi connectivity index (χ2v) is 3.93. The molecule has 0 amide bonds. The average Bonchev–Trinajstić information content (AvgIpc) is 2.73. The molecule has 0 aliphatic carbocycles. The van der Waals surface area contributed by atoms with E-state index in [0.717, 1.165) is 17.8 Å². The standard InChI is InChI=1S/C13H16FN3/c1-3-15-9-11-5-4-6-12(14)13(11)17-8-7-10(2)16-17/h4-8,15H,3,9H2,1-2H3. The highest BCUT2D eigenvalue weighted by Gasteiger charge is 2.10. The lowest BCUT2D eigenvalue weighted by molar-refractivity contribution is 0.602. The van der Waals surface area contributed by atoms with Gasteiger partial charge in [0.2, 0.25) is 0 Å². The molecule has 0 saturated carbocycles. The van der Waals surface area contributed by atoms with Crippen LogP contribution >= 0.6 is 0 Å². The van der Waals surface area contributed by atoms with Gasteiger partial charge in [0.1, 0.15) is 11.5 Å². The maximum atomic E-state index is 13.9. The molecule has 1 aromatic heterocycles. The first-order valence-electron chi connectivity index (χ1n) is 5.73. The van der Waals surface area contributed by atoms with Crippen molar-refractivity contribution in [3.63, 3.8) is 0 Å². The number of aryl methyl sites for hydroxylation is 1. The number of para-hydroxylation sites is 1. The largest absolute Gasteiger partial charge is 0.313 e. The summed E-state index contributed by atoms with van der Waals surface area (Å²) in [4.78, 5) is 0. The molecule has 0 aliphatic heterocycles. The lowest BCUT2D eigenvalue weighted by atomic mass is 10.1. The van der Waals surface area contributed by atoms with Crippen molar-refractivity contribution in [2.24, 2.45) is 0 Å². The Morgan fingerprint density at radius 1 is 1.35 bits per heavy atom. The number of nitrogens with zero attached hydrogens (tertiary/aromatic N) is 2. The molecule has 0 radical (unpaired) electrons. The quantitative estimate of drug-likeness (QED) is 0.879. The topological polar surface area (TPSA) is 29.9 Å². The molecule has 2 rings (SSSR count). The molecule has 0 bridgehead atoms. The number of hydrogen-bond acceptors (Lipinski definition) is 2. The van der Waals surface area contributed by atoms with Crippen LogP contribution in [0, 0.1) is 12.7 Å². The second-order valence-electron chi connectivity index (χ2n) is 3.93. The van der Waals surface area contributed by atoms with Gasteiger partial charge in [-0.05, 0) is 31.2 Å². The van der Waals surface area contributed by atoms with Crippen LogP contribution in [0.5, 0.6) is 0 Å². The summed E-state index contributed by atoms with van der Waals surface area (Å²) in [6, 6.07) is 6.96. The van der Waals surface area contributed by atoms with E-state index in [0.29, 0.717) is 12.2 Å². The summed E-state index contributed by atoms with van der Waals surface area (Å²) in [6.07, 6.45) is 1.78. The van der Waals surface area contributed by atoms with Gasteiger partial charge in [0.25, 0.3) is 0 Å². The van der Waals surface area contributed by atoms with Crippen molar-refractivity contribution in [2.45, 2.75) is 20.4 Å². The molecule has 4 heteroatoms. The predicted molar refractivity (Wildman–Crippen MR) is 65.6 cm³/mol. The highest BCUT2D eigenvalue weighted by Crippen LogP contribution is 2.18. The summed E-state index contributed by atoms with van der Waals surface area (Å²) in [6.45, 7) is 5.41. The number of nitrogens with one attached hydrogen (secondary N) is 1. The first kappa shape index (κ1) is 11.8. The number of rotatable bonds is 4. The fourth-order valence-electron chi connectivity index (χ4n) is 1.76. The second kappa shape index (κ2) is 5.10. The molecule has 3 nitrogen and oxygen atoms in total. The minimum absolute atomic E-state index is 0.247. The smallest absolute Gasteiger partial charge is 0.149 e. The fraction of sp³-hybridized carbons (Fsp3) is 0.308. The molecule has 90 valence electrons. The first-order chi connectivity index (χ1) is 8.22. The van der Waals surface area contributed by atoms with Gasteiger partial charge < -0.3 is 5.32 Å². The van der Waals surface area contributed by atoms with Gasteiger partial charge in [0.05, 0.1) is 5.69 Å². The summed E-state index contributed by atoms with van der Waals surface area (Å²) in [7, 11) is 0.